The first-order chi connectivity index (χ1) is 8.74. The van der Waals surface area contributed by atoms with E-state index in [1.165, 1.54) is 0 Å². The van der Waals surface area contributed by atoms with E-state index in [-0.39, 0.29) is 0 Å². The van der Waals surface area contributed by atoms with Gasteiger partial charge in [0.15, 0.2) is 0 Å². The molecule has 1 aromatic heterocycles. The Bertz CT molecular complexity index is 503. The molecule has 0 atom stereocenters. The lowest BCUT2D eigenvalue weighted by Crippen LogP contribution is -2.22. The summed E-state index contributed by atoms with van der Waals surface area (Å²) in [6, 6.07) is 8.04. The van der Waals surface area contributed by atoms with Crippen molar-refractivity contribution in [2.75, 3.05) is 13.1 Å². The summed E-state index contributed by atoms with van der Waals surface area (Å²) in [7, 11) is 0. The fourth-order valence-electron chi connectivity index (χ4n) is 1.88. The van der Waals surface area contributed by atoms with Crippen molar-refractivity contribution in [3.05, 3.63) is 35.7 Å². The summed E-state index contributed by atoms with van der Waals surface area (Å²) in [5, 5.41) is 8.24. The molecule has 0 spiro atoms. The highest BCUT2D eigenvalue weighted by Crippen LogP contribution is 2.21. The van der Waals surface area contributed by atoms with E-state index in [2.05, 4.69) is 28.9 Å². The van der Waals surface area contributed by atoms with Crippen molar-refractivity contribution in [2.24, 2.45) is 0 Å². The standard InChI is InChI=1S/C14H19N3O/c1-4-17(5-2)10-13-15-16-14(18-13)12-9-7-6-8-11(12)3/h6-9H,4-5,10H2,1-3H3. The largest absolute Gasteiger partial charge is 0.419 e. The molecule has 1 aromatic carbocycles. The molecular weight excluding hydrogens is 226 g/mol. The molecule has 0 fully saturated rings. The second-order valence-corrected chi connectivity index (χ2v) is 4.28. The summed E-state index contributed by atoms with van der Waals surface area (Å²) in [4.78, 5) is 2.25. The fraction of sp³-hybridized carbons (Fsp3) is 0.429. The molecular formula is C14H19N3O. The zero-order valence-electron chi connectivity index (χ0n) is 11.2. The monoisotopic (exact) mass is 245 g/mol. The molecule has 0 radical (unpaired) electrons. The van der Waals surface area contributed by atoms with Crippen LogP contribution in [0.2, 0.25) is 0 Å². The van der Waals surface area contributed by atoms with E-state index in [4.69, 9.17) is 4.42 Å². The third kappa shape index (κ3) is 2.76. The maximum absolute atomic E-state index is 5.72. The van der Waals surface area contributed by atoms with E-state index in [1.54, 1.807) is 0 Å². The zero-order chi connectivity index (χ0) is 13.0. The lowest BCUT2D eigenvalue weighted by atomic mass is 10.1. The molecule has 4 heteroatoms. The Morgan fingerprint density at radius 2 is 1.83 bits per heavy atom. The van der Waals surface area contributed by atoms with Gasteiger partial charge < -0.3 is 4.42 Å². The first-order valence-corrected chi connectivity index (χ1v) is 6.35. The highest BCUT2D eigenvalue weighted by atomic mass is 16.4. The van der Waals surface area contributed by atoms with Crippen molar-refractivity contribution in [3.63, 3.8) is 0 Å². The Hall–Kier alpha value is -1.68. The van der Waals surface area contributed by atoms with Crippen molar-refractivity contribution in [2.45, 2.75) is 27.3 Å². The van der Waals surface area contributed by atoms with E-state index in [0.29, 0.717) is 18.3 Å². The minimum Gasteiger partial charge on any atom is -0.419 e. The van der Waals surface area contributed by atoms with Crippen LogP contribution in [-0.4, -0.2) is 28.2 Å². The van der Waals surface area contributed by atoms with E-state index >= 15 is 0 Å². The molecule has 0 unspecified atom stereocenters. The highest BCUT2D eigenvalue weighted by molar-refractivity contribution is 5.57. The normalized spacial score (nSPS) is 11.1. The average Bonchev–Trinajstić information content (AvgIpc) is 2.85. The van der Waals surface area contributed by atoms with Crippen LogP contribution < -0.4 is 0 Å². The van der Waals surface area contributed by atoms with Crippen LogP contribution in [0.25, 0.3) is 11.5 Å². The van der Waals surface area contributed by atoms with Crippen LogP contribution in [0, 0.1) is 6.92 Å². The van der Waals surface area contributed by atoms with Gasteiger partial charge in [-0.05, 0) is 31.6 Å². The van der Waals surface area contributed by atoms with Gasteiger partial charge in [-0.1, -0.05) is 32.0 Å². The Labute approximate surface area is 108 Å². The van der Waals surface area contributed by atoms with Crippen molar-refractivity contribution in [1.29, 1.82) is 0 Å². The van der Waals surface area contributed by atoms with Gasteiger partial charge >= 0.3 is 0 Å². The van der Waals surface area contributed by atoms with Crippen LogP contribution in [0.1, 0.15) is 25.3 Å². The van der Waals surface area contributed by atoms with E-state index in [1.807, 2.05) is 31.2 Å². The van der Waals surface area contributed by atoms with Crippen LogP contribution >= 0.6 is 0 Å². The molecule has 4 nitrogen and oxygen atoms in total. The van der Waals surface area contributed by atoms with Crippen LogP contribution in [0.15, 0.2) is 28.7 Å². The third-order valence-corrected chi connectivity index (χ3v) is 3.10. The maximum Gasteiger partial charge on any atom is 0.248 e. The molecule has 2 aromatic rings. The van der Waals surface area contributed by atoms with Crippen LogP contribution in [0.3, 0.4) is 0 Å². The van der Waals surface area contributed by atoms with Gasteiger partial charge in [-0.15, -0.1) is 10.2 Å². The Morgan fingerprint density at radius 1 is 1.11 bits per heavy atom. The van der Waals surface area contributed by atoms with Crippen LogP contribution in [0.5, 0.6) is 0 Å². The number of nitrogens with zero attached hydrogens (tertiary/aromatic N) is 3. The van der Waals surface area contributed by atoms with Gasteiger partial charge in [0.05, 0.1) is 6.54 Å². The number of rotatable bonds is 5. The first kappa shape index (κ1) is 12.8. The molecule has 0 aliphatic heterocycles. The molecule has 1 heterocycles. The molecule has 0 N–H and O–H groups in total. The zero-order valence-corrected chi connectivity index (χ0v) is 11.2. The SMILES string of the molecule is CCN(CC)Cc1nnc(-c2ccccc2C)o1. The van der Waals surface area contributed by atoms with Gasteiger partial charge in [0, 0.05) is 5.56 Å². The van der Waals surface area contributed by atoms with Gasteiger partial charge in [0.2, 0.25) is 11.8 Å². The van der Waals surface area contributed by atoms with Gasteiger partial charge in [-0.2, -0.15) is 0 Å². The number of hydrogen-bond acceptors (Lipinski definition) is 4. The summed E-state index contributed by atoms with van der Waals surface area (Å²) in [5.74, 6) is 1.28. The predicted octanol–water partition coefficient (Wildman–Crippen LogP) is 2.89. The Kier molecular flexibility index (Phi) is 4.10. The van der Waals surface area contributed by atoms with E-state index in [0.717, 1.165) is 24.2 Å². The quantitative estimate of drug-likeness (QED) is 0.812. The molecule has 0 saturated carbocycles. The van der Waals surface area contributed by atoms with Gasteiger partial charge in [-0.3, -0.25) is 4.90 Å². The minimum atomic E-state index is 0.607. The Balaban J connectivity index is 2.18. The summed E-state index contributed by atoms with van der Waals surface area (Å²) in [5.41, 5.74) is 2.16. The highest BCUT2D eigenvalue weighted by Gasteiger charge is 2.12. The number of hydrogen-bond donors (Lipinski definition) is 0. The van der Waals surface area contributed by atoms with Crippen molar-refractivity contribution < 1.29 is 4.42 Å². The van der Waals surface area contributed by atoms with Crippen molar-refractivity contribution >= 4 is 0 Å². The third-order valence-electron chi connectivity index (χ3n) is 3.10. The lowest BCUT2D eigenvalue weighted by molar-refractivity contribution is 0.264. The lowest BCUT2D eigenvalue weighted by Gasteiger charge is -2.14. The molecule has 96 valence electrons. The molecule has 0 aliphatic carbocycles. The maximum atomic E-state index is 5.72. The minimum absolute atomic E-state index is 0.607. The van der Waals surface area contributed by atoms with Crippen molar-refractivity contribution in [3.8, 4) is 11.5 Å². The topological polar surface area (TPSA) is 42.2 Å². The van der Waals surface area contributed by atoms with Gasteiger partial charge in [0.1, 0.15) is 0 Å². The Morgan fingerprint density at radius 3 is 2.50 bits per heavy atom. The molecule has 0 aliphatic rings. The smallest absolute Gasteiger partial charge is 0.248 e. The van der Waals surface area contributed by atoms with Crippen LogP contribution in [-0.2, 0) is 6.54 Å². The summed E-state index contributed by atoms with van der Waals surface area (Å²) in [6.07, 6.45) is 0. The summed E-state index contributed by atoms with van der Waals surface area (Å²) >= 11 is 0. The number of aromatic nitrogens is 2. The van der Waals surface area contributed by atoms with E-state index < -0.39 is 0 Å². The molecule has 0 amide bonds. The van der Waals surface area contributed by atoms with E-state index in [9.17, 15) is 0 Å². The summed E-state index contributed by atoms with van der Waals surface area (Å²) in [6.45, 7) is 8.98. The summed E-state index contributed by atoms with van der Waals surface area (Å²) < 4.78 is 5.72. The number of benzene rings is 1. The first-order valence-electron chi connectivity index (χ1n) is 6.35. The van der Waals surface area contributed by atoms with Crippen molar-refractivity contribution in [1.82, 2.24) is 15.1 Å². The molecule has 0 saturated heterocycles. The predicted molar refractivity (Wildman–Crippen MR) is 71.1 cm³/mol. The molecule has 0 bridgehead atoms. The van der Waals surface area contributed by atoms with Gasteiger partial charge in [-0.25, -0.2) is 0 Å². The second-order valence-electron chi connectivity index (χ2n) is 4.28. The molecule has 2 rings (SSSR count). The fourth-order valence-corrected chi connectivity index (χ4v) is 1.88. The molecule has 18 heavy (non-hydrogen) atoms. The average molecular weight is 245 g/mol. The number of aryl methyl sites for hydroxylation is 1. The van der Waals surface area contributed by atoms with Gasteiger partial charge in [0.25, 0.3) is 0 Å². The van der Waals surface area contributed by atoms with Crippen LogP contribution in [0.4, 0.5) is 0 Å². The second kappa shape index (κ2) is 5.78.